The first-order chi connectivity index (χ1) is 14.7. The molecule has 30 heavy (non-hydrogen) atoms. The third-order valence-corrected chi connectivity index (χ3v) is 6.17. The minimum Gasteiger partial charge on any atom is -0.486 e. The Kier molecular flexibility index (Phi) is 3.84. The van der Waals surface area contributed by atoms with Gasteiger partial charge in [0, 0.05) is 36.0 Å². The Bertz CT molecular complexity index is 1210. The molecule has 1 amide bonds. The standard InChI is InChI=1S/C23H19FN2O4/c24-15-1-2-16-19(11-15)30-25-22(16)13-3-5-26(6-4-13)23(27)18-9-14-10-20-21(12-17(14)18)29-8-7-28-20/h1-2,9-13H,3-8H2. The molecule has 0 spiro atoms. The molecule has 3 aliphatic rings. The number of ether oxygens (including phenoxy) is 2. The highest BCUT2D eigenvalue weighted by Crippen LogP contribution is 2.43. The summed E-state index contributed by atoms with van der Waals surface area (Å²) in [5, 5.41) is 5.03. The van der Waals surface area contributed by atoms with Crippen LogP contribution in [0.5, 0.6) is 11.5 Å². The van der Waals surface area contributed by atoms with Crippen molar-refractivity contribution in [2.75, 3.05) is 26.3 Å². The first-order valence-corrected chi connectivity index (χ1v) is 10.2. The number of hydrogen-bond donors (Lipinski definition) is 0. The van der Waals surface area contributed by atoms with Gasteiger partial charge in [-0.05, 0) is 54.3 Å². The van der Waals surface area contributed by atoms with Gasteiger partial charge < -0.3 is 18.9 Å². The van der Waals surface area contributed by atoms with Gasteiger partial charge in [0.2, 0.25) is 0 Å². The molecular formula is C23H19FN2O4. The Morgan fingerprint density at radius 2 is 1.83 bits per heavy atom. The molecule has 152 valence electrons. The summed E-state index contributed by atoms with van der Waals surface area (Å²) in [4.78, 5) is 15.0. The van der Waals surface area contributed by atoms with Crippen molar-refractivity contribution in [2.24, 2.45) is 0 Å². The minimum absolute atomic E-state index is 0.0460. The van der Waals surface area contributed by atoms with Crippen molar-refractivity contribution < 1.29 is 23.2 Å². The maximum absolute atomic E-state index is 13.4. The van der Waals surface area contributed by atoms with E-state index in [-0.39, 0.29) is 17.6 Å². The maximum Gasteiger partial charge on any atom is 0.254 e. The molecule has 3 heterocycles. The molecule has 1 aromatic heterocycles. The minimum atomic E-state index is -0.335. The van der Waals surface area contributed by atoms with Gasteiger partial charge in [0.15, 0.2) is 17.1 Å². The summed E-state index contributed by atoms with van der Waals surface area (Å²) in [5.74, 6) is 1.35. The fraction of sp³-hybridized carbons (Fsp3) is 0.304. The topological polar surface area (TPSA) is 64.8 Å². The fourth-order valence-electron chi connectivity index (χ4n) is 4.54. The number of fused-ring (bicyclic) bond motifs is 3. The molecular weight excluding hydrogens is 387 g/mol. The quantitative estimate of drug-likeness (QED) is 0.644. The lowest BCUT2D eigenvalue weighted by Crippen LogP contribution is -2.39. The van der Waals surface area contributed by atoms with Gasteiger partial charge in [-0.1, -0.05) is 5.16 Å². The number of rotatable bonds is 2. The van der Waals surface area contributed by atoms with E-state index in [1.54, 1.807) is 6.07 Å². The number of piperidine rings is 1. The normalized spacial score (nSPS) is 18.0. The van der Waals surface area contributed by atoms with E-state index < -0.39 is 0 Å². The van der Waals surface area contributed by atoms with Crippen LogP contribution in [-0.2, 0) is 4.79 Å². The second kappa shape index (κ2) is 6.58. The van der Waals surface area contributed by atoms with Crippen molar-refractivity contribution in [2.45, 2.75) is 18.8 Å². The second-order valence-electron chi connectivity index (χ2n) is 7.92. The largest absolute Gasteiger partial charge is 0.486 e. The molecule has 0 radical (unpaired) electrons. The average molecular weight is 406 g/mol. The highest BCUT2D eigenvalue weighted by atomic mass is 19.1. The highest BCUT2D eigenvalue weighted by molar-refractivity contribution is 6.29. The molecule has 0 atom stereocenters. The van der Waals surface area contributed by atoms with Gasteiger partial charge in [-0.3, -0.25) is 4.79 Å². The van der Waals surface area contributed by atoms with E-state index >= 15 is 0 Å². The number of carbonyl (C=O) groups is 1. The molecule has 1 aliphatic carbocycles. The number of carbonyl (C=O) groups excluding carboxylic acids is 1. The summed E-state index contributed by atoms with van der Waals surface area (Å²) in [6, 6.07) is 8.35. The van der Waals surface area contributed by atoms with Gasteiger partial charge in [0.1, 0.15) is 19.0 Å². The second-order valence-corrected chi connectivity index (χ2v) is 7.92. The first kappa shape index (κ1) is 17.5. The van der Waals surface area contributed by atoms with Crippen molar-refractivity contribution in [1.29, 1.82) is 0 Å². The van der Waals surface area contributed by atoms with Crippen LogP contribution in [-0.4, -0.2) is 42.3 Å². The van der Waals surface area contributed by atoms with Gasteiger partial charge in [-0.2, -0.15) is 0 Å². The maximum atomic E-state index is 13.4. The summed E-state index contributed by atoms with van der Waals surface area (Å²) in [6.45, 7) is 2.37. The smallest absolute Gasteiger partial charge is 0.254 e. The van der Waals surface area contributed by atoms with Crippen LogP contribution in [0.4, 0.5) is 4.39 Å². The van der Waals surface area contributed by atoms with Crippen LogP contribution in [0.2, 0.25) is 0 Å². The van der Waals surface area contributed by atoms with E-state index in [9.17, 15) is 9.18 Å². The Labute approximate surface area is 171 Å². The Morgan fingerprint density at radius 3 is 2.63 bits per heavy atom. The van der Waals surface area contributed by atoms with Gasteiger partial charge >= 0.3 is 0 Å². The van der Waals surface area contributed by atoms with Gasteiger partial charge in [0.05, 0.1) is 5.69 Å². The van der Waals surface area contributed by atoms with E-state index in [1.165, 1.54) is 12.1 Å². The van der Waals surface area contributed by atoms with E-state index in [2.05, 4.69) is 5.16 Å². The van der Waals surface area contributed by atoms with Crippen molar-refractivity contribution >= 4 is 28.5 Å². The molecule has 2 aromatic carbocycles. The third kappa shape index (κ3) is 2.69. The van der Waals surface area contributed by atoms with E-state index in [0.29, 0.717) is 37.6 Å². The van der Waals surface area contributed by atoms with Crippen LogP contribution < -0.4 is 9.47 Å². The molecule has 6 nitrogen and oxygen atoms in total. The van der Waals surface area contributed by atoms with Gasteiger partial charge in [0.25, 0.3) is 5.91 Å². The number of likely N-dealkylation sites (tertiary alicyclic amines) is 1. The van der Waals surface area contributed by atoms with E-state index in [1.807, 2.05) is 23.1 Å². The molecule has 1 saturated heterocycles. The lowest BCUT2D eigenvalue weighted by Gasteiger charge is -2.34. The number of nitrogens with zero attached hydrogens (tertiary/aromatic N) is 2. The van der Waals surface area contributed by atoms with Crippen LogP contribution >= 0.6 is 0 Å². The summed E-state index contributed by atoms with van der Waals surface area (Å²) in [7, 11) is 0. The molecule has 6 rings (SSSR count). The van der Waals surface area contributed by atoms with Crippen molar-refractivity contribution in [3.63, 3.8) is 0 Å². The number of halogens is 1. The molecule has 0 N–H and O–H groups in total. The van der Waals surface area contributed by atoms with Gasteiger partial charge in [-0.15, -0.1) is 0 Å². The first-order valence-electron chi connectivity index (χ1n) is 10.2. The van der Waals surface area contributed by atoms with E-state index in [0.717, 1.165) is 46.4 Å². The number of amides is 1. The fourth-order valence-corrected chi connectivity index (χ4v) is 4.54. The van der Waals surface area contributed by atoms with Crippen molar-refractivity contribution in [1.82, 2.24) is 10.1 Å². The zero-order chi connectivity index (χ0) is 20.2. The van der Waals surface area contributed by atoms with Crippen molar-refractivity contribution in [3.8, 4) is 11.5 Å². The molecule has 7 heteroatoms. The van der Waals surface area contributed by atoms with Crippen molar-refractivity contribution in [3.05, 3.63) is 53.0 Å². The molecule has 3 aromatic rings. The lowest BCUT2D eigenvalue weighted by atomic mass is 9.85. The molecule has 0 unspecified atom stereocenters. The zero-order valence-corrected chi connectivity index (χ0v) is 16.2. The predicted molar refractivity (Wildman–Crippen MR) is 108 cm³/mol. The Hall–Kier alpha value is -3.35. The number of aromatic nitrogens is 1. The Morgan fingerprint density at radius 1 is 1.07 bits per heavy atom. The number of benzene rings is 2. The summed E-state index contributed by atoms with van der Waals surface area (Å²) >= 11 is 0. The van der Waals surface area contributed by atoms with Crippen LogP contribution in [0, 0.1) is 5.82 Å². The third-order valence-electron chi connectivity index (χ3n) is 6.17. The zero-order valence-electron chi connectivity index (χ0n) is 16.2. The summed E-state index contributed by atoms with van der Waals surface area (Å²) in [6.07, 6.45) is 3.51. The molecule has 0 bridgehead atoms. The average Bonchev–Trinajstić information content (AvgIpc) is 3.18. The number of hydrogen-bond acceptors (Lipinski definition) is 5. The lowest BCUT2D eigenvalue weighted by molar-refractivity contribution is -0.126. The predicted octanol–water partition coefficient (Wildman–Crippen LogP) is 4.00. The Balaban J connectivity index is 1.16. The van der Waals surface area contributed by atoms with Gasteiger partial charge in [-0.25, -0.2) is 4.39 Å². The SMILES string of the molecule is O=C(C1=Cc2cc3c(cc21)OCCO3)N1CCC(c2noc3cc(F)ccc23)CC1. The highest BCUT2D eigenvalue weighted by Gasteiger charge is 2.32. The molecule has 2 aliphatic heterocycles. The molecule has 1 fully saturated rings. The molecule has 0 saturated carbocycles. The van der Waals surface area contributed by atoms with E-state index in [4.69, 9.17) is 14.0 Å². The van der Waals surface area contributed by atoms with Crippen LogP contribution in [0.1, 0.15) is 35.6 Å². The summed E-state index contributed by atoms with van der Waals surface area (Å²) < 4.78 is 29.9. The van der Waals surface area contributed by atoms with Crippen LogP contribution in [0.25, 0.3) is 22.6 Å². The summed E-state index contributed by atoms with van der Waals surface area (Å²) in [5.41, 5.74) is 3.99. The monoisotopic (exact) mass is 406 g/mol. The van der Waals surface area contributed by atoms with Crippen LogP contribution in [0.15, 0.2) is 34.9 Å². The van der Waals surface area contributed by atoms with Crippen LogP contribution in [0.3, 0.4) is 0 Å².